The fourth-order valence-electron chi connectivity index (χ4n) is 2.43. The number of nitro benzene ring substituents is 1. The van der Waals surface area contributed by atoms with E-state index in [0.29, 0.717) is 5.75 Å². The number of amides is 1. The summed E-state index contributed by atoms with van der Waals surface area (Å²) in [6.45, 7) is 0. The van der Waals surface area contributed by atoms with Gasteiger partial charge in [0, 0.05) is 12.1 Å². The summed E-state index contributed by atoms with van der Waals surface area (Å²) in [5, 5.41) is 16.8. The van der Waals surface area contributed by atoms with Gasteiger partial charge in [0.05, 0.1) is 18.1 Å². The van der Waals surface area contributed by atoms with Crippen LogP contribution in [-0.4, -0.2) is 27.9 Å². The van der Waals surface area contributed by atoms with Crippen molar-refractivity contribution < 1.29 is 14.5 Å². The average molecular weight is 391 g/mol. The van der Waals surface area contributed by atoms with Gasteiger partial charge in [-0.1, -0.05) is 30.3 Å². The molecule has 9 heteroatoms. The van der Waals surface area contributed by atoms with Gasteiger partial charge in [-0.3, -0.25) is 14.9 Å². The SMILES string of the molecule is COc1ccc(Nc2cc(NC(=O)/C=C/c3ccccc3)ncn2)c([N+](=O)[O-])c1. The zero-order chi connectivity index (χ0) is 20.6. The molecule has 0 aliphatic carbocycles. The summed E-state index contributed by atoms with van der Waals surface area (Å²) in [6, 6.07) is 15.3. The Bertz CT molecular complexity index is 1050. The molecule has 0 bridgehead atoms. The molecule has 146 valence electrons. The number of rotatable bonds is 7. The van der Waals surface area contributed by atoms with E-state index in [4.69, 9.17) is 4.74 Å². The maximum atomic E-state index is 12.1. The van der Waals surface area contributed by atoms with Crippen molar-refractivity contribution in [3.8, 4) is 5.75 Å². The van der Waals surface area contributed by atoms with Crippen molar-refractivity contribution in [2.75, 3.05) is 17.7 Å². The lowest BCUT2D eigenvalue weighted by atomic mass is 10.2. The predicted molar refractivity (Wildman–Crippen MR) is 109 cm³/mol. The maximum absolute atomic E-state index is 12.1. The van der Waals surface area contributed by atoms with E-state index < -0.39 is 4.92 Å². The van der Waals surface area contributed by atoms with Gasteiger partial charge in [-0.2, -0.15) is 0 Å². The van der Waals surface area contributed by atoms with Crippen LogP contribution in [-0.2, 0) is 4.79 Å². The van der Waals surface area contributed by atoms with Crippen LogP contribution in [0.25, 0.3) is 6.08 Å². The van der Waals surface area contributed by atoms with Crippen molar-refractivity contribution in [1.82, 2.24) is 9.97 Å². The van der Waals surface area contributed by atoms with Crippen LogP contribution < -0.4 is 15.4 Å². The Morgan fingerprint density at radius 1 is 1.10 bits per heavy atom. The molecule has 0 atom stereocenters. The lowest BCUT2D eigenvalue weighted by Gasteiger charge is -2.09. The minimum Gasteiger partial charge on any atom is -0.496 e. The van der Waals surface area contributed by atoms with E-state index in [2.05, 4.69) is 20.6 Å². The second-order valence-corrected chi connectivity index (χ2v) is 5.79. The summed E-state index contributed by atoms with van der Waals surface area (Å²) in [6.07, 6.45) is 4.31. The number of aromatic nitrogens is 2. The number of anilines is 3. The summed E-state index contributed by atoms with van der Waals surface area (Å²) in [7, 11) is 1.43. The summed E-state index contributed by atoms with van der Waals surface area (Å²) in [4.78, 5) is 30.9. The van der Waals surface area contributed by atoms with Gasteiger partial charge in [0.2, 0.25) is 5.91 Å². The number of methoxy groups -OCH3 is 1. The molecular weight excluding hydrogens is 374 g/mol. The van der Waals surface area contributed by atoms with E-state index in [9.17, 15) is 14.9 Å². The Balaban J connectivity index is 1.72. The van der Waals surface area contributed by atoms with Gasteiger partial charge in [0.15, 0.2) is 0 Å². The molecule has 0 spiro atoms. The average Bonchev–Trinajstić information content (AvgIpc) is 2.73. The summed E-state index contributed by atoms with van der Waals surface area (Å²) in [5.74, 6) is 0.536. The molecule has 0 fully saturated rings. The number of nitrogens with one attached hydrogen (secondary N) is 2. The van der Waals surface area contributed by atoms with Crippen molar-refractivity contribution in [3.63, 3.8) is 0 Å². The first-order valence-corrected chi connectivity index (χ1v) is 8.51. The van der Waals surface area contributed by atoms with Gasteiger partial charge in [-0.25, -0.2) is 9.97 Å². The summed E-state index contributed by atoms with van der Waals surface area (Å²) >= 11 is 0. The highest BCUT2D eigenvalue weighted by atomic mass is 16.6. The second kappa shape index (κ2) is 9.09. The Kier molecular flexibility index (Phi) is 6.11. The Labute approximate surface area is 166 Å². The van der Waals surface area contributed by atoms with Gasteiger partial charge in [0.1, 0.15) is 29.4 Å². The number of carbonyl (C=O) groups is 1. The number of hydrogen-bond acceptors (Lipinski definition) is 7. The molecule has 0 aliphatic rings. The molecule has 1 amide bonds. The van der Waals surface area contributed by atoms with Crippen LogP contribution in [0.1, 0.15) is 5.56 Å². The highest BCUT2D eigenvalue weighted by molar-refractivity contribution is 6.01. The van der Waals surface area contributed by atoms with Gasteiger partial charge in [-0.15, -0.1) is 0 Å². The normalized spacial score (nSPS) is 10.5. The molecule has 0 saturated carbocycles. The van der Waals surface area contributed by atoms with E-state index in [1.165, 1.54) is 37.7 Å². The standard InChI is InChI=1S/C20H17N5O4/c1-29-15-8-9-16(17(11-15)25(27)28)23-18-12-19(22-13-21-18)24-20(26)10-7-14-5-3-2-4-6-14/h2-13H,1H3,(H2,21,22,23,24,26)/b10-7+. The number of ether oxygens (including phenoxy) is 1. The fraction of sp³-hybridized carbons (Fsp3) is 0.0500. The molecule has 0 unspecified atom stereocenters. The zero-order valence-corrected chi connectivity index (χ0v) is 15.4. The molecular formula is C20H17N5O4. The van der Waals surface area contributed by atoms with E-state index in [0.717, 1.165) is 5.56 Å². The van der Waals surface area contributed by atoms with Crippen molar-refractivity contribution >= 4 is 35.0 Å². The van der Waals surface area contributed by atoms with Gasteiger partial charge < -0.3 is 15.4 Å². The topological polar surface area (TPSA) is 119 Å². The smallest absolute Gasteiger partial charge is 0.296 e. The van der Waals surface area contributed by atoms with Gasteiger partial charge in [0.25, 0.3) is 5.69 Å². The molecule has 9 nitrogen and oxygen atoms in total. The van der Waals surface area contributed by atoms with Crippen LogP contribution in [0.3, 0.4) is 0 Å². The quantitative estimate of drug-likeness (QED) is 0.357. The number of nitrogens with zero attached hydrogens (tertiary/aromatic N) is 3. The highest BCUT2D eigenvalue weighted by Gasteiger charge is 2.16. The molecule has 0 aliphatic heterocycles. The highest BCUT2D eigenvalue weighted by Crippen LogP contribution is 2.31. The fourth-order valence-corrected chi connectivity index (χ4v) is 2.43. The lowest BCUT2D eigenvalue weighted by molar-refractivity contribution is -0.384. The van der Waals surface area contributed by atoms with Crippen molar-refractivity contribution in [2.45, 2.75) is 0 Å². The lowest BCUT2D eigenvalue weighted by Crippen LogP contribution is -2.10. The van der Waals surface area contributed by atoms with Gasteiger partial charge >= 0.3 is 0 Å². The first-order chi connectivity index (χ1) is 14.0. The monoisotopic (exact) mass is 391 g/mol. The number of benzene rings is 2. The zero-order valence-electron chi connectivity index (χ0n) is 15.4. The van der Waals surface area contributed by atoms with E-state index in [1.807, 2.05) is 30.3 Å². The van der Waals surface area contributed by atoms with Crippen molar-refractivity contribution in [3.05, 3.63) is 82.7 Å². The molecule has 3 aromatic rings. The summed E-state index contributed by atoms with van der Waals surface area (Å²) < 4.78 is 5.02. The minimum absolute atomic E-state index is 0.167. The second-order valence-electron chi connectivity index (χ2n) is 5.79. The molecule has 0 radical (unpaired) electrons. The Morgan fingerprint density at radius 3 is 2.59 bits per heavy atom. The molecule has 2 aromatic carbocycles. The van der Waals surface area contributed by atoms with Crippen LogP contribution in [0, 0.1) is 10.1 Å². The molecule has 29 heavy (non-hydrogen) atoms. The summed E-state index contributed by atoms with van der Waals surface area (Å²) in [5.41, 5.74) is 0.953. The third-order valence-corrected chi connectivity index (χ3v) is 3.81. The first kappa shape index (κ1) is 19.5. The van der Waals surface area contributed by atoms with E-state index >= 15 is 0 Å². The molecule has 3 rings (SSSR count). The molecule has 1 aromatic heterocycles. The van der Waals surface area contributed by atoms with Crippen LogP contribution >= 0.6 is 0 Å². The maximum Gasteiger partial charge on any atom is 0.296 e. The van der Waals surface area contributed by atoms with E-state index in [1.54, 1.807) is 12.1 Å². The minimum atomic E-state index is -0.525. The van der Waals surface area contributed by atoms with Crippen LogP contribution in [0.15, 0.2) is 67.0 Å². The number of nitro groups is 1. The van der Waals surface area contributed by atoms with Crippen LogP contribution in [0.5, 0.6) is 5.75 Å². The first-order valence-electron chi connectivity index (χ1n) is 8.51. The van der Waals surface area contributed by atoms with Gasteiger partial charge in [-0.05, 0) is 23.8 Å². The Morgan fingerprint density at radius 2 is 1.86 bits per heavy atom. The molecule has 0 saturated heterocycles. The van der Waals surface area contributed by atoms with Crippen molar-refractivity contribution in [1.29, 1.82) is 0 Å². The Hall–Kier alpha value is -4.27. The third-order valence-electron chi connectivity index (χ3n) is 3.81. The molecule has 2 N–H and O–H groups in total. The van der Waals surface area contributed by atoms with Crippen LogP contribution in [0.4, 0.5) is 23.0 Å². The number of hydrogen-bond donors (Lipinski definition) is 2. The largest absolute Gasteiger partial charge is 0.496 e. The third kappa shape index (κ3) is 5.36. The van der Waals surface area contributed by atoms with Crippen molar-refractivity contribution in [2.24, 2.45) is 0 Å². The predicted octanol–water partition coefficient (Wildman–Crippen LogP) is 3.79. The molecule has 1 heterocycles. The number of carbonyl (C=O) groups excluding carboxylic acids is 1. The van der Waals surface area contributed by atoms with Crippen LogP contribution in [0.2, 0.25) is 0 Å². The van der Waals surface area contributed by atoms with E-state index in [-0.39, 0.29) is 28.9 Å².